The summed E-state index contributed by atoms with van der Waals surface area (Å²) < 4.78 is 5.33. The summed E-state index contributed by atoms with van der Waals surface area (Å²) in [5.41, 5.74) is 2.38. The molecule has 1 N–H and O–H groups in total. The van der Waals surface area contributed by atoms with Crippen LogP contribution < -0.4 is 10.2 Å². The van der Waals surface area contributed by atoms with Crippen LogP contribution in [0.5, 0.6) is 0 Å². The summed E-state index contributed by atoms with van der Waals surface area (Å²) in [6.07, 6.45) is 3.97. The molecule has 0 bridgehead atoms. The second kappa shape index (κ2) is 5.94. The van der Waals surface area contributed by atoms with E-state index >= 15 is 0 Å². The lowest BCUT2D eigenvalue weighted by Crippen LogP contribution is -2.29. The van der Waals surface area contributed by atoms with Crippen LogP contribution in [-0.2, 0) is 6.54 Å². The quantitative estimate of drug-likeness (QED) is 0.927. The van der Waals surface area contributed by atoms with Crippen LogP contribution in [0.4, 0.5) is 11.4 Å². The van der Waals surface area contributed by atoms with Crippen molar-refractivity contribution in [2.75, 3.05) is 23.3 Å². The Morgan fingerprint density at radius 1 is 1.10 bits per heavy atom. The molecule has 0 radical (unpaired) electrons. The van der Waals surface area contributed by atoms with Crippen molar-refractivity contribution in [1.29, 1.82) is 0 Å². The van der Waals surface area contributed by atoms with Crippen molar-refractivity contribution in [2.24, 2.45) is 0 Å². The van der Waals surface area contributed by atoms with Crippen molar-refractivity contribution in [3.63, 3.8) is 0 Å². The molecule has 1 saturated heterocycles. The van der Waals surface area contributed by atoms with Crippen LogP contribution in [0.2, 0.25) is 0 Å². The van der Waals surface area contributed by atoms with Crippen LogP contribution in [0.3, 0.4) is 0 Å². The van der Waals surface area contributed by atoms with Gasteiger partial charge in [-0.3, -0.25) is 0 Å². The summed E-state index contributed by atoms with van der Waals surface area (Å²) >= 11 is 0. The highest BCUT2D eigenvalue weighted by atomic mass is 16.4. The second-order valence-electron chi connectivity index (χ2n) is 5.16. The van der Waals surface area contributed by atoms with Gasteiger partial charge in [0, 0.05) is 31.4 Å². The summed E-state index contributed by atoms with van der Waals surface area (Å²) in [4.78, 5) is 2.45. The van der Waals surface area contributed by atoms with E-state index in [1.54, 1.807) is 6.92 Å². The van der Waals surface area contributed by atoms with Gasteiger partial charge in [0.1, 0.15) is 0 Å². The fraction of sp³-hybridized carbons (Fsp3) is 0.467. The molecule has 2 aromatic rings. The Morgan fingerprint density at radius 3 is 2.50 bits per heavy atom. The van der Waals surface area contributed by atoms with E-state index in [0.29, 0.717) is 18.3 Å². The summed E-state index contributed by atoms with van der Waals surface area (Å²) in [6, 6.07) is 8.56. The molecule has 1 aromatic carbocycles. The first kappa shape index (κ1) is 13.0. The van der Waals surface area contributed by atoms with Crippen LogP contribution in [0.1, 0.15) is 31.0 Å². The van der Waals surface area contributed by atoms with Crippen LogP contribution in [-0.4, -0.2) is 23.3 Å². The third-order valence-electron chi connectivity index (χ3n) is 3.60. The van der Waals surface area contributed by atoms with E-state index < -0.39 is 0 Å². The lowest BCUT2D eigenvalue weighted by atomic mass is 10.1. The standard InChI is InChI=1S/C15H20N4O/c1-12-17-18-15(20-12)11-16-13-5-7-14(8-6-13)19-9-3-2-4-10-19/h5-8,16H,2-4,9-11H2,1H3. The second-order valence-corrected chi connectivity index (χ2v) is 5.16. The molecule has 1 aliphatic heterocycles. The number of hydrogen-bond acceptors (Lipinski definition) is 5. The van der Waals surface area contributed by atoms with Crippen molar-refractivity contribution < 1.29 is 4.42 Å². The van der Waals surface area contributed by atoms with Gasteiger partial charge in [-0.05, 0) is 43.5 Å². The number of hydrogen-bond donors (Lipinski definition) is 1. The maximum absolute atomic E-state index is 5.33. The normalized spacial score (nSPS) is 15.3. The number of nitrogens with one attached hydrogen (secondary N) is 1. The molecular formula is C15H20N4O. The van der Waals surface area contributed by atoms with Crippen LogP contribution >= 0.6 is 0 Å². The number of rotatable bonds is 4. The Kier molecular flexibility index (Phi) is 3.85. The molecule has 20 heavy (non-hydrogen) atoms. The van der Waals surface area contributed by atoms with Gasteiger partial charge in [0.2, 0.25) is 11.8 Å². The van der Waals surface area contributed by atoms with E-state index in [4.69, 9.17) is 4.42 Å². The zero-order valence-corrected chi connectivity index (χ0v) is 11.8. The van der Waals surface area contributed by atoms with Crippen molar-refractivity contribution >= 4 is 11.4 Å². The molecule has 0 atom stereocenters. The molecule has 106 valence electrons. The molecule has 0 saturated carbocycles. The topological polar surface area (TPSA) is 54.2 Å². The minimum absolute atomic E-state index is 0.559. The van der Waals surface area contributed by atoms with Gasteiger partial charge in [-0.1, -0.05) is 0 Å². The van der Waals surface area contributed by atoms with Crippen LogP contribution in [0.15, 0.2) is 28.7 Å². The van der Waals surface area contributed by atoms with Gasteiger partial charge in [0.05, 0.1) is 6.54 Å². The number of piperidine rings is 1. The van der Waals surface area contributed by atoms with Crippen LogP contribution in [0.25, 0.3) is 0 Å². The van der Waals surface area contributed by atoms with E-state index in [9.17, 15) is 0 Å². The number of aromatic nitrogens is 2. The largest absolute Gasteiger partial charge is 0.424 e. The third-order valence-corrected chi connectivity index (χ3v) is 3.60. The molecule has 5 heteroatoms. The number of aryl methyl sites for hydroxylation is 1. The Hall–Kier alpha value is -2.04. The summed E-state index contributed by atoms with van der Waals surface area (Å²) in [6.45, 7) is 4.70. The van der Waals surface area contributed by atoms with Crippen LogP contribution in [0, 0.1) is 6.92 Å². The van der Waals surface area contributed by atoms with Gasteiger partial charge in [0.15, 0.2) is 0 Å². The van der Waals surface area contributed by atoms with E-state index in [0.717, 1.165) is 5.69 Å². The number of anilines is 2. The van der Waals surface area contributed by atoms with Gasteiger partial charge < -0.3 is 14.6 Å². The van der Waals surface area contributed by atoms with Gasteiger partial charge in [0.25, 0.3) is 0 Å². The van der Waals surface area contributed by atoms with Gasteiger partial charge >= 0.3 is 0 Å². The van der Waals surface area contributed by atoms with Gasteiger partial charge in [-0.25, -0.2) is 0 Å². The van der Waals surface area contributed by atoms with Gasteiger partial charge in [-0.2, -0.15) is 0 Å². The SMILES string of the molecule is Cc1nnc(CNc2ccc(N3CCCCC3)cc2)o1. The molecule has 1 fully saturated rings. The molecule has 2 heterocycles. The fourth-order valence-corrected chi connectivity index (χ4v) is 2.53. The van der Waals surface area contributed by atoms with Crippen molar-refractivity contribution in [3.8, 4) is 0 Å². The summed E-state index contributed by atoms with van der Waals surface area (Å²) in [5, 5.41) is 11.1. The Balaban J connectivity index is 1.58. The molecule has 0 spiro atoms. The molecule has 0 unspecified atom stereocenters. The molecule has 0 aliphatic carbocycles. The van der Waals surface area contributed by atoms with E-state index in [2.05, 4.69) is 44.7 Å². The fourth-order valence-electron chi connectivity index (χ4n) is 2.53. The minimum atomic E-state index is 0.559. The zero-order valence-electron chi connectivity index (χ0n) is 11.8. The molecule has 5 nitrogen and oxygen atoms in total. The summed E-state index contributed by atoms with van der Waals surface area (Å²) in [5.74, 6) is 1.21. The lowest BCUT2D eigenvalue weighted by Gasteiger charge is -2.28. The molecular weight excluding hydrogens is 252 g/mol. The van der Waals surface area contributed by atoms with Crippen molar-refractivity contribution in [2.45, 2.75) is 32.7 Å². The first-order valence-corrected chi connectivity index (χ1v) is 7.19. The van der Waals surface area contributed by atoms with E-state index in [1.165, 1.54) is 38.0 Å². The van der Waals surface area contributed by atoms with Crippen molar-refractivity contribution in [1.82, 2.24) is 10.2 Å². The third kappa shape index (κ3) is 3.10. The monoisotopic (exact) mass is 272 g/mol. The lowest BCUT2D eigenvalue weighted by molar-refractivity contribution is 0.475. The Bertz CT molecular complexity index is 543. The highest BCUT2D eigenvalue weighted by Gasteiger charge is 2.10. The Morgan fingerprint density at radius 2 is 1.85 bits per heavy atom. The highest BCUT2D eigenvalue weighted by Crippen LogP contribution is 2.21. The van der Waals surface area contributed by atoms with Gasteiger partial charge in [-0.15, -0.1) is 10.2 Å². The predicted molar refractivity (Wildman–Crippen MR) is 78.9 cm³/mol. The van der Waals surface area contributed by atoms with E-state index in [-0.39, 0.29) is 0 Å². The highest BCUT2D eigenvalue weighted by molar-refractivity contribution is 5.55. The first-order valence-electron chi connectivity index (χ1n) is 7.19. The molecule has 3 rings (SSSR count). The average molecular weight is 272 g/mol. The smallest absolute Gasteiger partial charge is 0.235 e. The minimum Gasteiger partial charge on any atom is -0.424 e. The summed E-state index contributed by atoms with van der Waals surface area (Å²) in [7, 11) is 0. The molecule has 0 amide bonds. The Labute approximate surface area is 119 Å². The zero-order chi connectivity index (χ0) is 13.8. The maximum atomic E-state index is 5.33. The molecule has 1 aromatic heterocycles. The first-order chi connectivity index (χ1) is 9.81. The average Bonchev–Trinajstić information content (AvgIpc) is 2.92. The number of nitrogens with zero attached hydrogens (tertiary/aromatic N) is 3. The number of benzene rings is 1. The molecule has 1 aliphatic rings. The maximum Gasteiger partial charge on any atom is 0.235 e. The van der Waals surface area contributed by atoms with E-state index in [1.807, 2.05) is 0 Å². The predicted octanol–water partition coefficient (Wildman–Crippen LogP) is 2.98. The van der Waals surface area contributed by atoms with Crippen molar-refractivity contribution in [3.05, 3.63) is 36.0 Å².